The van der Waals surface area contributed by atoms with Gasteiger partial charge in [-0.05, 0) is 12.8 Å². The molecule has 0 aromatic rings. The minimum atomic E-state index is -0.667. The fourth-order valence-electron chi connectivity index (χ4n) is 4.59. The average Bonchev–Trinajstić information content (AvgIpc) is 2.97. The molecule has 4 aliphatic heterocycles. The molecule has 0 spiro atoms. The molecule has 0 aliphatic carbocycles. The van der Waals surface area contributed by atoms with E-state index in [9.17, 15) is 9.90 Å². The number of hydrogen-bond donors (Lipinski definition) is 1. The smallest absolute Gasteiger partial charge is 0.249 e. The van der Waals surface area contributed by atoms with Gasteiger partial charge in [0.25, 0.3) is 0 Å². The van der Waals surface area contributed by atoms with E-state index in [0.29, 0.717) is 32.6 Å². The van der Waals surface area contributed by atoms with E-state index in [0.717, 1.165) is 39.1 Å². The second-order valence-corrected chi connectivity index (χ2v) is 7.59. The molecular weight excluding hydrogens is 312 g/mol. The van der Waals surface area contributed by atoms with Crippen molar-refractivity contribution in [2.45, 2.75) is 49.5 Å². The number of ether oxygens (including phenoxy) is 3. The van der Waals surface area contributed by atoms with E-state index in [1.54, 1.807) is 0 Å². The highest BCUT2D eigenvalue weighted by atomic mass is 16.5. The Labute approximate surface area is 142 Å². The van der Waals surface area contributed by atoms with E-state index in [1.165, 1.54) is 0 Å². The van der Waals surface area contributed by atoms with E-state index in [1.807, 2.05) is 0 Å². The van der Waals surface area contributed by atoms with Crippen LogP contribution in [0.3, 0.4) is 0 Å². The summed E-state index contributed by atoms with van der Waals surface area (Å²) in [7, 11) is 0. The lowest BCUT2D eigenvalue weighted by Crippen LogP contribution is -2.59. The zero-order valence-electron chi connectivity index (χ0n) is 14.2. The van der Waals surface area contributed by atoms with Gasteiger partial charge in [0, 0.05) is 64.9 Å². The Hall–Kier alpha value is -0.730. The molecule has 0 radical (unpaired) electrons. The first-order chi connectivity index (χ1) is 11.6. The van der Waals surface area contributed by atoms with Crippen molar-refractivity contribution in [2.24, 2.45) is 0 Å². The number of amides is 1. The minimum Gasteiger partial charge on any atom is -0.388 e. The Morgan fingerprint density at radius 2 is 1.79 bits per heavy atom. The van der Waals surface area contributed by atoms with Crippen molar-refractivity contribution in [3.05, 3.63) is 0 Å². The predicted molar refractivity (Wildman–Crippen MR) is 85.7 cm³/mol. The Morgan fingerprint density at radius 3 is 2.54 bits per heavy atom. The highest BCUT2D eigenvalue weighted by Gasteiger charge is 2.47. The summed E-state index contributed by atoms with van der Waals surface area (Å²) in [6.45, 7) is 5.12. The Balaban J connectivity index is 1.43. The highest BCUT2D eigenvalue weighted by Crippen LogP contribution is 2.31. The molecule has 1 amide bonds. The van der Waals surface area contributed by atoms with Gasteiger partial charge in [-0.1, -0.05) is 0 Å². The van der Waals surface area contributed by atoms with Gasteiger partial charge in [0.2, 0.25) is 5.91 Å². The third kappa shape index (κ3) is 3.32. The summed E-state index contributed by atoms with van der Waals surface area (Å²) in [5.74, 6) is 0.106. The molecular formula is C17H28N2O5. The molecule has 4 heterocycles. The monoisotopic (exact) mass is 340 g/mol. The van der Waals surface area contributed by atoms with E-state index < -0.39 is 5.60 Å². The van der Waals surface area contributed by atoms with Crippen molar-refractivity contribution in [2.75, 3.05) is 52.7 Å². The van der Waals surface area contributed by atoms with Crippen molar-refractivity contribution in [3.8, 4) is 0 Å². The SMILES string of the molecule is O=C1CO[C@H]2CN(CC3(O)CCOCC3)C[C@@H]2N1C1CCOCC1. The van der Waals surface area contributed by atoms with Gasteiger partial charge in [-0.15, -0.1) is 0 Å². The highest BCUT2D eigenvalue weighted by molar-refractivity contribution is 5.79. The summed E-state index contributed by atoms with van der Waals surface area (Å²) >= 11 is 0. The second kappa shape index (κ2) is 6.88. The first-order valence-corrected chi connectivity index (χ1v) is 9.18. The number of carbonyl (C=O) groups is 1. The number of aliphatic hydroxyl groups is 1. The normalized spacial score (nSPS) is 35.2. The number of likely N-dealkylation sites (tertiary alicyclic amines) is 1. The molecule has 0 unspecified atom stereocenters. The van der Waals surface area contributed by atoms with Gasteiger partial charge < -0.3 is 24.2 Å². The maximum Gasteiger partial charge on any atom is 0.249 e. The number of morpholine rings is 1. The first-order valence-electron chi connectivity index (χ1n) is 9.18. The quantitative estimate of drug-likeness (QED) is 0.755. The zero-order valence-corrected chi connectivity index (χ0v) is 14.2. The number of carbonyl (C=O) groups excluding carboxylic acids is 1. The van der Waals surface area contributed by atoms with Crippen LogP contribution < -0.4 is 0 Å². The van der Waals surface area contributed by atoms with Gasteiger partial charge in [0.15, 0.2) is 0 Å². The van der Waals surface area contributed by atoms with Gasteiger partial charge in [-0.3, -0.25) is 9.69 Å². The molecule has 0 aromatic carbocycles. The van der Waals surface area contributed by atoms with Crippen molar-refractivity contribution >= 4 is 5.91 Å². The van der Waals surface area contributed by atoms with Gasteiger partial charge in [-0.25, -0.2) is 0 Å². The van der Waals surface area contributed by atoms with E-state index in [-0.39, 0.29) is 30.7 Å². The topological polar surface area (TPSA) is 71.5 Å². The van der Waals surface area contributed by atoms with Gasteiger partial charge in [0.05, 0.1) is 17.7 Å². The van der Waals surface area contributed by atoms with Crippen LogP contribution in [0.25, 0.3) is 0 Å². The lowest BCUT2D eigenvalue weighted by atomic mass is 9.94. The van der Waals surface area contributed by atoms with Crippen LogP contribution in [0.5, 0.6) is 0 Å². The summed E-state index contributed by atoms with van der Waals surface area (Å²) in [4.78, 5) is 16.8. The molecule has 4 saturated heterocycles. The average molecular weight is 340 g/mol. The van der Waals surface area contributed by atoms with Crippen LogP contribution in [0, 0.1) is 0 Å². The second-order valence-electron chi connectivity index (χ2n) is 7.59. The molecule has 2 atom stereocenters. The molecule has 0 aromatic heterocycles. The molecule has 24 heavy (non-hydrogen) atoms. The van der Waals surface area contributed by atoms with Crippen molar-refractivity contribution < 1.29 is 24.1 Å². The van der Waals surface area contributed by atoms with Crippen molar-refractivity contribution in [1.29, 1.82) is 0 Å². The number of hydrogen-bond acceptors (Lipinski definition) is 6. The largest absolute Gasteiger partial charge is 0.388 e. The van der Waals surface area contributed by atoms with Crippen LogP contribution in [0.15, 0.2) is 0 Å². The Morgan fingerprint density at radius 1 is 1.08 bits per heavy atom. The third-order valence-corrected chi connectivity index (χ3v) is 5.90. The van der Waals surface area contributed by atoms with Crippen LogP contribution in [0.2, 0.25) is 0 Å². The van der Waals surface area contributed by atoms with E-state index in [4.69, 9.17) is 14.2 Å². The van der Waals surface area contributed by atoms with Gasteiger partial charge in [-0.2, -0.15) is 0 Å². The summed E-state index contributed by atoms with van der Waals surface area (Å²) in [5.41, 5.74) is -0.667. The lowest BCUT2D eigenvalue weighted by Gasteiger charge is -2.43. The molecule has 4 rings (SSSR count). The molecule has 0 bridgehead atoms. The molecule has 7 nitrogen and oxygen atoms in total. The molecule has 136 valence electrons. The molecule has 1 N–H and O–H groups in total. The van der Waals surface area contributed by atoms with Gasteiger partial charge >= 0.3 is 0 Å². The minimum absolute atomic E-state index is 0.0639. The van der Waals surface area contributed by atoms with Crippen LogP contribution >= 0.6 is 0 Å². The maximum absolute atomic E-state index is 12.5. The summed E-state index contributed by atoms with van der Waals surface area (Å²) < 4.78 is 16.6. The Kier molecular flexibility index (Phi) is 4.79. The summed E-state index contributed by atoms with van der Waals surface area (Å²) in [6.07, 6.45) is 3.26. The van der Waals surface area contributed by atoms with Crippen LogP contribution in [0.4, 0.5) is 0 Å². The third-order valence-electron chi connectivity index (χ3n) is 5.90. The number of rotatable bonds is 3. The van der Waals surface area contributed by atoms with Gasteiger partial charge in [0.1, 0.15) is 6.61 Å². The van der Waals surface area contributed by atoms with Crippen molar-refractivity contribution in [3.63, 3.8) is 0 Å². The van der Waals surface area contributed by atoms with E-state index >= 15 is 0 Å². The standard InChI is InChI=1S/C17H28N2O5/c20-16-11-24-15-10-18(12-17(21)3-7-23-8-4-17)9-14(15)19(16)13-1-5-22-6-2-13/h13-15,21H,1-12H2/t14-,15-/m0/s1. The van der Waals surface area contributed by atoms with Crippen LogP contribution in [-0.4, -0.2) is 97.3 Å². The number of β-amino-alcohol motifs (C(OH)–C–C–N with tert-alkyl or cyclic N) is 1. The maximum atomic E-state index is 12.5. The molecule has 0 saturated carbocycles. The molecule has 4 fully saturated rings. The predicted octanol–water partition coefficient (Wildman–Crippen LogP) is -0.381. The van der Waals surface area contributed by atoms with E-state index in [2.05, 4.69) is 9.80 Å². The van der Waals surface area contributed by atoms with Crippen LogP contribution in [0.1, 0.15) is 25.7 Å². The summed E-state index contributed by atoms with van der Waals surface area (Å²) in [6, 6.07) is 0.381. The van der Waals surface area contributed by atoms with Crippen molar-refractivity contribution in [1.82, 2.24) is 9.80 Å². The van der Waals surface area contributed by atoms with Crippen LogP contribution in [-0.2, 0) is 19.0 Å². The molecule has 4 aliphatic rings. The Bertz CT molecular complexity index is 462. The summed E-state index contributed by atoms with van der Waals surface area (Å²) in [5, 5.41) is 10.8. The lowest BCUT2D eigenvalue weighted by molar-refractivity contribution is -0.159. The zero-order chi connectivity index (χ0) is 16.6. The fourth-order valence-corrected chi connectivity index (χ4v) is 4.59. The first kappa shape index (κ1) is 16.7. The number of fused-ring (bicyclic) bond motifs is 1. The fraction of sp³-hybridized carbons (Fsp3) is 0.941. The number of nitrogens with zero attached hydrogens (tertiary/aromatic N) is 2. The molecule has 7 heteroatoms.